The van der Waals surface area contributed by atoms with Gasteiger partial charge in [0.1, 0.15) is 5.60 Å². The summed E-state index contributed by atoms with van der Waals surface area (Å²) in [6.07, 6.45) is 7.11. The van der Waals surface area contributed by atoms with Crippen LogP contribution >= 0.6 is 11.8 Å². The minimum atomic E-state index is -0.778. The maximum Gasteiger partial charge on any atom is 0.187 e. The molecule has 2 saturated heterocycles. The van der Waals surface area contributed by atoms with E-state index in [9.17, 15) is 5.11 Å². The third kappa shape index (κ3) is 4.25. The molecule has 1 N–H and O–H groups in total. The van der Waals surface area contributed by atoms with E-state index in [-0.39, 0.29) is 6.04 Å². The van der Waals surface area contributed by atoms with Gasteiger partial charge in [0.15, 0.2) is 5.16 Å². The summed E-state index contributed by atoms with van der Waals surface area (Å²) in [7, 11) is 0. The third-order valence-electron chi connectivity index (χ3n) is 6.01. The summed E-state index contributed by atoms with van der Waals surface area (Å²) in [6, 6.07) is 10.4. The number of thioether (sulfide) groups is 1. The van der Waals surface area contributed by atoms with Gasteiger partial charge in [0.25, 0.3) is 0 Å². The lowest BCUT2D eigenvalue weighted by Gasteiger charge is -2.48. The molecule has 0 aliphatic carbocycles. The van der Waals surface area contributed by atoms with Crippen molar-refractivity contribution >= 4 is 11.8 Å². The zero-order valence-corrected chi connectivity index (χ0v) is 17.4. The van der Waals surface area contributed by atoms with E-state index in [2.05, 4.69) is 38.8 Å². The molecule has 2 aromatic rings. The van der Waals surface area contributed by atoms with Crippen LogP contribution in [-0.4, -0.2) is 62.8 Å². The predicted molar refractivity (Wildman–Crippen MR) is 113 cm³/mol. The maximum absolute atomic E-state index is 11.7. The molecule has 0 spiro atoms. The van der Waals surface area contributed by atoms with Crippen molar-refractivity contribution in [1.82, 2.24) is 19.8 Å². The van der Waals surface area contributed by atoms with E-state index in [1.807, 2.05) is 30.6 Å². The average Bonchev–Trinajstić information content (AvgIpc) is 3.26. The average molecular weight is 399 g/mol. The second-order valence-electron chi connectivity index (χ2n) is 7.84. The molecular formula is C22H30N4OS. The largest absolute Gasteiger partial charge is 0.383 e. The summed E-state index contributed by atoms with van der Waals surface area (Å²) in [5.41, 5.74) is 1.42. The van der Waals surface area contributed by atoms with Crippen molar-refractivity contribution in [3.05, 3.63) is 53.9 Å². The molecule has 2 aliphatic rings. The van der Waals surface area contributed by atoms with Crippen LogP contribution in [0.2, 0.25) is 0 Å². The normalized spacial score (nSPS) is 26.6. The van der Waals surface area contributed by atoms with E-state index in [4.69, 9.17) is 0 Å². The molecule has 0 saturated carbocycles. The molecule has 1 aromatic heterocycles. The highest BCUT2D eigenvalue weighted by molar-refractivity contribution is 7.99. The number of rotatable bonds is 6. The third-order valence-corrected chi connectivity index (χ3v) is 6.77. The number of likely N-dealkylation sites (tertiary alicyclic amines) is 2. The molecule has 0 amide bonds. The molecule has 0 unspecified atom stereocenters. The van der Waals surface area contributed by atoms with Gasteiger partial charge in [0.05, 0.1) is 6.04 Å². The van der Waals surface area contributed by atoms with Crippen molar-refractivity contribution in [2.24, 2.45) is 0 Å². The van der Waals surface area contributed by atoms with Crippen LogP contribution in [0.4, 0.5) is 0 Å². The molecule has 0 radical (unpaired) electrons. The minimum Gasteiger partial charge on any atom is -0.383 e. The van der Waals surface area contributed by atoms with Crippen LogP contribution in [0.3, 0.4) is 0 Å². The number of hydrogen-bond donors (Lipinski definition) is 1. The molecule has 3 heterocycles. The highest BCUT2D eigenvalue weighted by atomic mass is 32.2. The molecule has 150 valence electrons. The van der Waals surface area contributed by atoms with Crippen LogP contribution in [0.1, 0.15) is 37.3 Å². The van der Waals surface area contributed by atoms with Gasteiger partial charge in [-0.15, -0.1) is 0 Å². The number of nitrogens with zero attached hydrogens (tertiary/aromatic N) is 4. The highest BCUT2D eigenvalue weighted by Gasteiger charge is 2.46. The summed E-state index contributed by atoms with van der Waals surface area (Å²) < 4.78 is 0. The molecule has 4 rings (SSSR count). The van der Waals surface area contributed by atoms with Crippen LogP contribution in [0.5, 0.6) is 0 Å². The number of aliphatic hydroxyl groups is 1. The van der Waals surface area contributed by atoms with Gasteiger partial charge >= 0.3 is 0 Å². The van der Waals surface area contributed by atoms with E-state index >= 15 is 0 Å². The standard InChI is InChI=1S/C22H30N4OS/c1-2-28-21-23-14-18(15-24-21)16-25-13-10-22(27,19-8-4-3-5-9-19)20(17-25)26-11-6-7-12-26/h3-5,8-9,14-15,20,27H,2,6-7,10-13,16-17H2,1H3/t20-,22+/m1/s1. The number of piperidine rings is 1. The van der Waals surface area contributed by atoms with Crippen molar-refractivity contribution in [2.45, 2.75) is 49.5 Å². The Labute approximate surface area is 172 Å². The summed E-state index contributed by atoms with van der Waals surface area (Å²) in [5.74, 6) is 0.987. The van der Waals surface area contributed by atoms with Gasteiger partial charge in [-0.25, -0.2) is 9.97 Å². The van der Waals surface area contributed by atoms with Crippen molar-refractivity contribution in [1.29, 1.82) is 0 Å². The van der Waals surface area contributed by atoms with Gasteiger partial charge < -0.3 is 5.11 Å². The Morgan fingerprint density at radius 2 is 1.82 bits per heavy atom. The van der Waals surface area contributed by atoms with Crippen molar-refractivity contribution in [3.63, 3.8) is 0 Å². The molecule has 2 atom stereocenters. The SMILES string of the molecule is CCSc1ncc(CN2CC[C@](O)(c3ccccc3)[C@H](N3CCCC3)C2)cn1. The monoisotopic (exact) mass is 398 g/mol. The first kappa shape index (κ1) is 19.8. The lowest BCUT2D eigenvalue weighted by atomic mass is 9.79. The Morgan fingerprint density at radius 1 is 1.11 bits per heavy atom. The first-order valence-corrected chi connectivity index (χ1v) is 11.4. The van der Waals surface area contributed by atoms with E-state index < -0.39 is 5.60 Å². The Hall–Kier alpha value is -1.47. The van der Waals surface area contributed by atoms with Crippen molar-refractivity contribution in [2.75, 3.05) is 31.9 Å². The second kappa shape index (κ2) is 8.91. The first-order valence-electron chi connectivity index (χ1n) is 10.4. The van der Waals surface area contributed by atoms with Crippen molar-refractivity contribution < 1.29 is 5.11 Å². The quantitative estimate of drug-likeness (QED) is 0.596. The Morgan fingerprint density at radius 3 is 2.50 bits per heavy atom. The Bertz CT molecular complexity index is 751. The van der Waals surface area contributed by atoms with Gasteiger partial charge in [0.2, 0.25) is 0 Å². The van der Waals surface area contributed by atoms with Crippen LogP contribution in [0, 0.1) is 0 Å². The predicted octanol–water partition coefficient (Wildman–Crippen LogP) is 3.15. The van der Waals surface area contributed by atoms with Gasteiger partial charge in [-0.3, -0.25) is 9.80 Å². The Balaban J connectivity index is 1.50. The zero-order valence-electron chi connectivity index (χ0n) is 16.6. The summed E-state index contributed by atoms with van der Waals surface area (Å²) in [6.45, 7) is 6.87. The van der Waals surface area contributed by atoms with Crippen LogP contribution in [0.25, 0.3) is 0 Å². The molecule has 5 nitrogen and oxygen atoms in total. The topological polar surface area (TPSA) is 52.5 Å². The number of benzene rings is 1. The first-order chi connectivity index (χ1) is 13.7. The van der Waals surface area contributed by atoms with E-state index in [0.717, 1.165) is 61.2 Å². The van der Waals surface area contributed by atoms with Crippen LogP contribution < -0.4 is 0 Å². The summed E-state index contributed by atoms with van der Waals surface area (Å²) in [5, 5.41) is 12.6. The van der Waals surface area contributed by atoms with Gasteiger partial charge in [-0.2, -0.15) is 0 Å². The van der Waals surface area contributed by atoms with E-state index in [1.165, 1.54) is 12.8 Å². The van der Waals surface area contributed by atoms with Crippen LogP contribution in [-0.2, 0) is 12.1 Å². The fraction of sp³-hybridized carbons (Fsp3) is 0.545. The lowest BCUT2D eigenvalue weighted by Crippen LogP contribution is -2.60. The Kier molecular flexibility index (Phi) is 6.31. The van der Waals surface area contributed by atoms with Crippen molar-refractivity contribution in [3.8, 4) is 0 Å². The zero-order chi connectivity index (χ0) is 19.4. The van der Waals surface area contributed by atoms with Gasteiger partial charge in [0, 0.05) is 37.6 Å². The summed E-state index contributed by atoms with van der Waals surface area (Å²) in [4.78, 5) is 13.9. The fourth-order valence-corrected chi connectivity index (χ4v) is 5.06. The molecule has 0 bridgehead atoms. The lowest BCUT2D eigenvalue weighted by molar-refractivity contribution is -0.0959. The molecule has 1 aromatic carbocycles. The molecule has 2 aliphatic heterocycles. The molecular weight excluding hydrogens is 368 g/mol. The highest BCUT2D eigenvalue weighted by Crippen LogP contribution is 2.37. The number of hydrogen-bond acceptors (Lipinski definition) is 6. The molecule has 28 heavy (non-hydrogen) atoms. The van der Waals surface area contributed by atoms with E-state index in [0.29, 0.717) is 0 Å². The molecule has 2 fully saturated rings. The van der Waals surface area contributed by atoms with Gasteiger partial charge in [-0.1, -0.05) is 49.0 Å². The summed E-state index contributed by atoms with van der Waals surface area (Å²) >= 11 is 1.67. The fourth-order valence-electron chi connectivity index (χ4n) is 4.55. The smallest absolute Gasteiger partial charge is 0.187 e. The maximum atomic E-state index is 11.7. The van der Waals surface area contributed by atoms with Gasteiger partial charge in [-0.05, 0) is 43.7 Å². The second-order valence-corrected chi connectivity index (χ2v) is 9.07. The molecule has 6 heteroatoms. The van der Waals surface area contributed by atoms with E-state index in [1.54, 1.807) is 11.8 Å². The van der Waals surface area contributed by atoms with Crippen LogP contribution in [0.15, 0.2) is 47.9 Å². The minimum absolute atomic E-state index is 0.127. The number of aromatic nitrogens is 2.